The van der Waals surface area contributed by atoms with Gasteiger partial charge in [-0.25, -0.2) is 9.69 Å². The van der Waals surface area contributed by atoms with Crippen molar-refractivity contribution in [2.75, 3.05) is 18.6 Å². The number of carbonyl (C=O) groups excluding carboxylic acids is 3. The van der Waals surface area contributed by atoms with Gasteiger partial charge in [0.05, 0.1) is 12.8 Å². The minimum absolute atomic E-state index is 0.166. The van der Waals surface area contributed by atoms with Crippen LogP contribution in [0, 0.1) is 29.1 Å². The Bertz CT molecular complexity index is 1460. The molecule has 5 fully saturated rings. The van der Waals surface area contributed by atoms with Crippen molar-refractivity contribution in [3.63, 3.8) is 0 Å². The van der Waals surface area contributed by atoms with Gasteiger partial charge >= 0.3 is 6.03 Å². The highest BCUT2D eigenvalue weighted by molar-refractivity contribution is 6.39. The van der Waals surface area contributed by atoms with Gasteiger partial charge in [0.15, 0.2) is 18.1 Å². The average Bonchev–Trinajstić information content (AvgIpc) is 2.94. The quantitative estimate of drug-likeness (QED) is 0.265. The molecule has 7 rings (SSSR count). The molecule has 0 aromatic heterocycles. The summed E-state index contributed by atoms with van der Waals surface area (Å²) >= 11 is 0. The van der Waals surface area contributed by atoms with Crippen molar-refractivity contribution >= 4 is 29.6 Å². The van der Waals surface area contributed by atoms with E-state index in [2.05, 4.69) is 24.0 Å². The number of nitrogens with zero attached hydrogens (tertiary/aromatic N) is 2. The van der Waals surface area contributed by atoms with E-state index in [0.717, 1.165) is 22.7 Å². The zero-order valence-corrected chi connectivity index (χ0v) is 23.2. The van der Waals surface area contributed by atoms with E-state index in [1.54, 1.807) is 18.2 Å². The predicted octanol–water partition coefficient (Wildman–Crippen LogP) is 5.46. The predicted molar refractivity (Wildman–Crippen MR) is 153 cm³/mol. The Morgan fingerprint density at radius 1 is 1.07 bits per heavy atom. The van der Waals surface area contributed by atoms with E-state index in [-0.39, 0.29) is 17.6 Å². The summed E-state index contributed by atoms with van der Waals surface area (Å²) in [6.45, 7) is 3.61. The van der Waals surface area contributed by atoms with Crippen LogP contribution in [0.1, 0.15) is 55.2 Å². The monoisotopic (exact) mass is 551 g/mol. The number of allylic oxidation sites excluding steroid dienone is 1. The maximum atomic E-state index is 13.6. The molecule has 4 bridgehead atoms. The zero-order chi connectivity index (χ0) is 28.7. The number of barbiturate groups is 1. The van der Waals surface area contributed by atoms with Gasteiger partial charge in [-0.3, -0.25) is 14.9 Å². The number of hydrogen-bond donors (Lipinski definition) is 1. The summed E-state index contributed by atoms with van der Waals surface area (Å²) in [5, 5.41) is 11.3. The molecule has 41 heavy (non-hydrogen) atoms. The summed E-state index contributed by atoms with van der Waals surface area (Å²) in [6.07, 6.45) is 11.3. The van der Waals surface area contributed by atoms with Crippen LogP contribution in [-0.4, -0.2) is 31.6 Å². The largest absolute Gasteiger partial charge is 0.493 e. The molecule has 1 heterocycles. The van der Waals surface area contributed by atoms with Crippen LogP contribution in [0.15, 0.2) is 54.6 Å². The fourth-order valence-corrected chi connectivity index (χ4v) is 7.98. The number of nitriles is 1. The molecule has 0 atom stereocenters. The highest BCUT2D eigenvalue weighted by atomic mass is 16.5. The molecule has 4 amide bonds. The third-order valence-electron chi connectivity index (χ3n) is 9.21. The minimum Gasteiger partial charge on any atom is -0.493 e. The lowest BCUT2D eigenvalue weighted by Crippen LogP contribution is -2.54. The second kappa shape index (κ2) is 10.5. The van der Waals surface area contributed by atoms with Crippen LogP contribution >= 0.6 is 0 Å². The van der Waals surface area contributed by atoms with Gasteiger partial charge in [-0.1, -0.05) is 18.2 Å². The average molecular weight is 552 g/mol. The number of anilines is 1. The van der Waals surface area contributed by atoms with E-state index in [9.17, 15) is 14.4 Å². The molecule has 2 aromatic carbocycles. The van der Waals surface area contributed by atoms with E-state index < -0.39 is 17.8 Å². The third-order valence-corrected chi connectivity index (χ3v) is 9.21. The second-order valence-corrected chi connectivity index (χ2v) is 11.9. The lowest BCUT2D eigenvalue weighted by atomic mass is 9.48. The van der Waals surface area contributed by atoms with Crippen LogP contribution < -0.4 is 19.7 Å². The molecule has 1 aliphatic heterocycles. The molecule has 210 valence electrons. The number of imide groups is 2. The first-order chi connectivity index (χ1) is 19.8. The van der Waals surface area contributed by atoms with Crippen molar-refractivity contribution < 1.29 is 23.9 Å². The SMILES string of the molecule is C=CCc1cc(/C=C2\C(=O)NC(=O)N(c3ccc(C45CC6CC(CC(C6)C4)C5)cc3)C2=O)cc(OC)c1OCC#N. The van der Waals surface area contributed by atoms with Crippen molar-refractivity contribution in [3.05, 3.63) is 71.3 Å². The Balaban J connectivity index is 1.30. The molecule has 4 aliphatic carbocycles. The second-order valence-electron chi connectivity index (χ2n) is 11.9. The molecular weight excluding hydrogens is 518 g/mol. The number of rotatable bonds is 8. The van der Waals surface area contributed by atoms with Gasteiger partial charge in [0.1, 0.15) is 11.6 Å². The normalized spacial score (nSPS) is 27.5. The van der Waals surface area contributed by atoms with Crippen LogP contribution in [0.4, 0.5) is 10.5 Å². The van der Waals surface area contributed by atoms with E-state index in [1.807, 2.05) is 18.2 Å². The fourth-order valence-electron chi connectivity index (χ4n) is 7.98. The molecule has 1 saturated heterocycles. The number of carbonyl (C=O) groups is 3. The summed E-state index contributed by atoms with van der Waals surface area (Å²) in [5.41, 5.74) is 2.92. The highest BCUT2D eigenvalue weighted by Crippen LogP contribution is 2.60. The number of nitrogens with one attached hydrogen (secondary N) is 1. The van der Waals surface area contributed by atoms with Crippen molar-refractivity contribution in [3.8, 4) is 17.6 Å². The summed E-state index contributed by atoms with van der Waals surface area (Å²) in [5.74, 6) is 1.71. The Kier molecular flexibility index (Phi) is 6.90. The maximum Gasteiger partial charge on any atom is 0.335 e. The van der Waals surface area contributed by atoms with Crippen LogP contribution in [0.25, 0.3) is 6.08 Å². The topological polar surface area (TPSA) is 109 Å². The number of benzene rings is 2. The molecule has 8 nitrogen and oxygen atoms in total. The van der Waals surface area contributed by atoms with Gasteiger partial charge in [-0.2, -0.15) is 5.26 Å². The van der Waals surface area contributed by atoms with Gasteiger partial charge < -0.3 is 9.47 Å². The fraction of sp³-hybridized carbons (Fsp3) is 0.394. The van der Waals surface area contributed by atoms with E-state index in [1.165, 1.54) is 57.3 Å². The lowest BCUT2D eigenvalue weighted by Gasteiger charge is -2.57. The first kappa shape index (κ1) is 26.8. The summed E-state index contributed by atoms with van der Waals surface area (Å²) in [7, 11) is 1.47. The standard InChI is InChI=1S/C33H33N3O5/c1-3-4-24-14-20(16-28(40-2)29(24)41-10-9-34)15-27-30(37)35-32(39)36(31(27)38)26-7-5-25(6-8-26)33-17-21-11-22(18-33)13-23(12-21)19-33/h3,5-8,14-16,21-23H,1,4,10-13,17-19H2,2H3,(H,35,37,39)/b27-15+. The lowest BCUT2D eigenvalue weighted by molar-refractivity contribution is -0.122. The minimum atomic E-state index is -0.773. The molecule has 1 N–H and O–H groups in total. The van der Waals surface area contributed by atoms with Gasteiger partial charge in [-0.05, 0) is 110 Å². The summed E-state index contributed by atoms with van der Waals surface area (Å²) in [4.78, 5) is 40.3. The zero-order valence-electron chi connectivity index (χ0n) is 23.2. The van der Waals surface area contributed by atoms with Crippen molar-refractivity contribution in [1.82, 2.24) is 5.32 Å². The third kappa shape index (κ3) is 4.80. The molecule has 4 saturated carbocycles. The Morgan fingerprint density at radius 2 is 1.73 bits per heavy atom. The van der Waals surface area contributed by atoms with Gasteiger partial charge in [0.2, 0.25) is 0 Å². The van der Waals surface area contributed by atoms with Crippen LogP contribution in [0.3, 0.4) is 0 Å². The number of methoxy groups -OCH3 is 1. The molecule has 8 heteroatoms. The van der Waals surface area contributed by atoms with E-state index in [0.29, 0.717) is 34.7 Å². The first-order valence-electron chi connectivity index (χ1n) is 14.2. The van der Waals surface area contributed by atoms with Crippen LogP contribution in [-0.2, 0) is 21.4 Å². The Morgan fingerprint density at radius 3 is 2.32 bits per heavy atom. The Labute approximate surface area is 239 Å². The molecular formula is C33H33N3O5. The van der Waals surface area contributed by atoms with Gasteiger partial charge in [0, 0.05) is 5.56 Å². The highest BCUT2D eigenvalue weighted by Gasteiger charge is 2.51. The Hall–Kier alpha value is -4.38. The number of amides is 4. The number of urea groups is 1. The summed E-state index contributed by atoms with van der Waals surface area (Å²) < 4.78 is 11.0. The molecule has 0 spiro atoms. The molecule has 0 unspecified atom stereocenters. The summed E-state index contributed by atoms with van der Waals surface area (Å²) in [6, 6.07) is 12.3. The van der Waals surface area contributed by atoms with Crippen molar-refractivity contribution in [2.45, 2.75) is 50.4 Å². The van der Waals surface area contributed by atoms with Crippen molar-refractivity contribution in [1.29, 1.82) is 5.26 Å². The maximum absolute atomic E-state index is 13.6. The molecule has 0 radical (unpaired) electrons. The van der Waals surface area contributed by atoms with E-state index >= 15 is 0 Å². The van der Waals surface area contributed by atoms with Gasteiger partial charge in [0.25, 0.3) is 11.8 Å². The molecule has 5 aliphatic rings. The van der Waals surface area contributed by atoms with Gasteiger partial charge in [-0.15, -0.1) is 6.58 Å². The van der Waals surface area contributed by atoms with E-state index in [4.69, 9.17) is 14.7 Å². The van der Waals surface area contributed by atoms with Crippen LogP contribution in [0.2, 0.25) is 0 Å². The smallest absolute Gasteiger partial charge is 0.335 e. The van der Waals surface area contributed by atoms with Crippen LogP contribution in [0.5, 0.6) is 11.5 Å². The number of ether oxygens (including phenoxy) is 2. The van der Waals surface area contributed by atoms with Crippen molar-refractivity contribution in [2.24, 2.45) is 17.8 Å². The first-order valence-corrected chi connectivity index (χ1v) is 14.2. The number of hydrogen-bond acceptors (Lipinski definition) is 6. The molecule has 2 aromatic rings.